The number of benzene rings is 1. The monoisotopic (exact) mass is 342 g/mol. The predicted molar refractivity (Wildman–Crippen MR) is 101 cm³/mol. The molecule has 1 aromatic carbocycles. The number of likely N-dealkylation sites (tertiary alicyclic amines) is 1. The van der Waals surface area contributed by atoms with E-state index in [2.05, 4.69) is 21.0 Å². The largest absolute Gasteiger partial charge is 0.360 e. The molecule has 1 aliphatic heterocycles. The molecule has 1 amide bonds. The van der Waals surface area contributed by atoms with E-state index in [1.165, 1.54) is 5.39 Å². The Morgan fingerprint density at radius 2 is 1.96 bits per heavy atom. The Balaban J connectivity index is 1.28. The zero-order valence-electron chi connectivity index (χ0n) is 14.2. The summed E-state index contributed by atoms with van der Waals surface area (Å²) < 4.78 is 0. The van der Waals surface area contributed by atoms with Gasteiger partial charge in [0.25, 0.3) is 5.91 Å². The minimum Gasteiger partial charge on any atom is -0.360 e. The number of carbonyl (C=O) groups is 1. The molecule has 0 radical (unpaired) electrons. The quantitative estimate of drug-likeness (QED) is 0.620. The molecule has 4 aromatic rings. The Bertz CT molecular complexity index is 1110. The summed E-state index contributed by atoms with van der Waals surface area (Å²) in [6.45, 7) is 1.51. The van der Waals surface area contributed by atoms with Crippen molar-refractivity contribution in [2.75, 3.05) is 13.1 Å². The third kappa shape index (κ3) is 2.52. The van der Waals surface area contributed by atoms with Gasteiger partial charge in [0.2, 0.25) is 0 Å². The smallest absolute Gasteiger partial charge is 0.272 e. The molecule has 0 atom stereocenters. The average Bonchev–Trinajstić information content (AvgIpc) is 3.13. The van der Waals surface area contributed by atoms with E-state index < -0.39 is 0 Å². The molecule has 1 saturated heterocycles. The zero-order valence-corrected chi connectivity index (χ0v) is 14.2. The zero-order chi connectivity index (χ0) is 17.5. The van der Waals surface area contributed by atoms with Crippen molar-refractivity contribution in [2.45, 2.75) is 6.42 Å². The Kier molecular flexibility index (Phi) is 3.45. The Morgan fingerprint density at radius 1 is 1.08 bits per heavy atom. The number of aromatic amines is 1. The van der Waals surface area contributed by atoms with Crippen LogP contribution in [0.4, 0.5) is 0 Å². The highest BCUT2D eigenvalue weighted by molar-refractivity contribution is 5.95. The summed E-state index contributed by atoms with van der Waals surface area (Å²) in [5.74, 6) is 0.457. The number of aromatic nitrogens is 3. The van der Waals surface area contributed by atoms with Crippen LogP contribution in [0.5, 0.6) is 0 Å². The lowest BCUT2D eigenvalue weighted by atomic mass is 9.93. The number of amides is 1. The van der Waals surface area contributed by atoms with E-state index in [0.29, 0.717) is 11.6 Å². The standard InChI is InChI=1S/C21H18N4O/c26-21(18-6-5-15-3-1-2-4-17(15)24-18)25-12-14(13-25)11-19-20-16(7-9-22-19)8-10-23-20/h1-10,14,23H,11-13H2. The summed E-state index contributed by atoms with van der Waals surface area (Å²) in [6, 6.07) is 15.7. The first-order chi connectivity index (χ1) is 12.8. The van der Waals surface area contributed by atoms with E-state index in [-0.39, 0.29) is 5.91 Å². The molecule has 5 rings (SSSR count). The van der Waals surface area contributed by atoms with Crippen molar-refractivity contribution in [3.8, 4) is 0 Å². The number of hydrogen-bond donors (Lipinski definition) is 1. The Hall–Kier alpha value is -3.21. The third-order valence-corrected chi connectivity index (χ3v) is 5.10. The Labute approximate surface area is 150 Å². The number of hydrogen-bond acceptors (Lipinski definition) is 3. The molecule has 0 unspecified atom stereocenters. The molecule has 5 heteroatoms. The van der Waals surface area contributed by atoms with Gasteiger partial charge in [-0.15, -0.1) is 0 Å². The summed E-state index contributed by atoms with van der Waals surface area (Å²) in [7, 11) is 0. The van der Waals surface area contributed by atoms with Crippen molar-refractivity contribution in [1.82, 2.24) is 19.9 Å². The van der Waals surface area contributed by atoms with E-state index in [1.807, 2.05) is 59.8 Å². The summed E-state index contributed by atoms with van der Waals surface area (Å²) in [5.41, 5.74) is 3.56. The summed E-state index contributed by atoms with van der Waals surface area (Å²) in [6.07, 6.45) is 4.68. The average molecular weight is 342 g/mol. The van der Waals surface area contributed by atoms with Crippen LogP contribution >= 0.6 is 0 Å². The highest BCUT2D eigenvalue weighted by Gasteiger charge is 2.32. The molecule has 128 valence electrons. The van der Waals surface area contributed by atoms with Crippen LogP contribution in [0.25, 0.3) is 21.8 Å². The lowest BCUT2D eigenvalue weighted by molar-refractivity contribution is 0.0494. The van der Waals surface area contributed by atoms with Crippen molar-refractivity contribution in [3.63, 3.8) is 0 Å². The van der Waals surface area contributed by atoms with Crippen LogP contribution in [-0.2, 0) is 6.42 Å². The van der Waals surface area contributed by atoms with E-state index in [9.17, 15) is 4.79 Å². The van der Waals surface area contributed by atoms with E-state index in [0.717, 1.165) is 41.6 Å². The topological polar surface area (TPSA) is 61.9 Å². The van der Waals surface area contributed by atoms with Gasteiger partial charge in [-0.1, -0.05) is 24.3 Å². The fraction of sp³-hybridized carbons (Fsp3) is 0.190. The first kappa shape index (κ1) is 15.1. The van der Waals surface area contributed by atoms with Crippen molar-refractivity contribution in [2.24, 2.45) is 5.92 Å². The summed E-state index contributed by atoms with van der Waals surface area (Å²) in [5, 5.41) is 2.23. The molecule has 4 heterocycles. The minimum atomic E-state index is 0.0121. The van der Waals surface area contributed by atoms with Crippen LogP contribution in [0.2, 0.25) is 0 Å². The second kappa shape index (κ2) is 5.95. The molecular formula is C21H18N4O. The van der Waals surface area contributed by atoms with Crippen molar-refractivity contribution < 1.29 is 4.79 Å². The number of nitrogens with zero attached hydrogens (tertiary/aromatic N) is 3. The number of para-hydroxylation sites is 1. The lowest BCUT2D eigenvalue weighted by Gasteiger charge is -2.39. The van der Waals surface area contributed by atoms with Crippen molar-refractivity contribution >= 4 is 27.7 Å². The number of pyridine rings is 2. The third-order valence-electron chi connectivity index (χ3n) is 5.10. The molecule has 5 nitrogen and oxygen atoms in total. The molecule has 1 aliphatic rings. The van der Waals surface area contributed by atoms with Gasteiger partial charge in [0, 0.05) is 36.3 Å². The van der Waals surface area contributed by atoms with Crippen LogP contribution in [-0.4, -0.2) is 38.8 Å². The molecule has 1 fully saturated rings. The van der Waals surface area contributed by atoms with Crippen molar-refractivity contribution in [1.29, 1.82) is 0 Å². The normalized spacial score (nSPS) is 14.7. The number of carbonyl (C=O) groups excluding carboxylic acids is 1. The van der Waals surface area contributed by atoms with Gasteiger partial charge in [-0.3, -0.25) is 9.78 Å². The summed E-state index contributed by atoms with van der Waals surface area (Å²) >= 11 is 0. The van der Waals surface area contributed by atoms with Crippen LogP contribution in [0.1, 0.15) is 16.2 Å². The number of rotatable bonds is 3. The lowest BCUT2D eigenvalue weighted by Crippen LogP contribution is -2.51. The van der Waals surface area contributed by atoms with Gasteiger partial charge in [-0.05, 0) is 36.6 Å². The first-order valence-electron chi connectivity index (χ1n) is 8.84. The van der Waals surface area contributed by atoms with Crippen LogP contribution < -0.4 is 0 Å². The van der Waals surface area contributed by atoms with Gasteiger partial charge in [0.05, 0.1) is 16.7 Å². The molecule has 0 spiro atoms. The predicted octanol–water partition coefficient (Wildman–Crippen LogP) is 3.43. The SMILES string of the molecule is O=C(c1ccc2ccccc2n1)N1CC(Cc2nccc3cc[nH]c23)C1. The molecule has 26 heavy (non-hydrogen) atoms. The van der Waals surface area contributed by atoms with E-state index in [4.69, 9.17) is 0 Å². The van der Waals surface area contributed by atoms with E-state index in [1.54, 1.807) is 0 Å². The van der Waals surface area contributed by atoms with Gasteiger partial charge in [0.15, 0.2) is 0 Å². The van der Waals surface area contributed by atoms with E-state index >= 15 is 0 Å². The molecule has 0 bridgehead atoms. The second-order valence-corrected chi connectivity index (χ2v) is 6.87. The second-order valence-electron chi connectivity index (χ2n) is 6.87. The molecule has 3 aromatic heterocycles. The van der Waals surface area contributed by atoms with Gasteiger partial charge < -0.3 is 9.88 Å². The highest BCUT2D eigenvalue weighted by Crippen LogP contribution is 2.25. The van der Waals surface area contributed by atoms with Crippen molar-refractivity contribution in [3.05, 3.63) is 72.3 Å². The maximum Gasteiger partial charge on any atom is 0.272 e. The van der Waals surface area contributed by atoms with Crippen LogP contribution in [0, 0.1) is 5.92 Å². The first-order valence-corrected chi connectivity index (χ1v) is 8.84. The number of H-pyrrole nitrogens is 1. The molecular weight excluding hydrogens is 324 g/mol. The fourth-order valence-corrected chi connectivity index (χ4v) is 3.68. The maximum absolute atomic E-state index is 12.7. The molecule has 0 aliphatic carbocycles. The van der Waals surface area contributed by atoms with Gasteiger partial charge >= 0.3 is 0 Å². The van der Waals surface area contributed by atoms with Gasteiger partial charge in [-0.2, -0.15) is 0 Å². The minimum absolute atomic E-state index is 0.0121. The number of nitrogens with one attached hydrogen (secondary N) is 1. The fourth-order valence-electron chi connectivity index (χ4n) is 3.68. The summed E-state index contributed by atoms with van der Waals surface area (Å²) in [4.78, 5) is 26.8. The van der Waals surface area contributed by atoms with Gasteiger partial charge in [-0.25, -0.2) is 4.98 Å². The van der Waals surface area contributed by atoms with Crippen LogP contribution in [0.3, 0.4) is 0 Å². The maximum atomic E-state index is 12.7. The van der Waals surface area contributed by atoms with Gasteiger partial charge in [0.1, 0.15) is 5.69 Å². The molecule has 0 saturated carbocycles. The molecule has 1 N–H and O–H groups in total. The highest BCUT2D eigenvalue weighted by atomic mass is 16.2. The van der Waals surface area contributed by atoms with Crippen LogP contribution in [0.15, 0.2) is 60.9 Å². The Morgan fingerprint density at radius 3 is 2.88 bits per heavy atom. The number of fused-ring (bicyclic) bond motifs is 2.